The largest absolute Gasteiger partial charge is 0.421 e. The van der Waals surface area contributed by atoms with Crippen molar-refractivity contribution in [2.75, 3.05) is 17.7 Å². The van der Waals surface area contributed by atoms with Crippen LogP contribution in [0, 0.1) is 11.8 Å². The number of nitrogens with one attached hydrogen (secondary N) is 2. The predicted octanol–water partition coefficient (Wildman–Crippen LogP) is 4.35. The van der Waals surface area contributed by atoms with Gasteiger partial charge in [-0.25, -0.2) is 13.8 Å². The van der Waals surface area contributed by atoms with Crippen LogP contribution < -0.4 is 10.6 Å². The first-order chi connectivity index (χ1) is 12.6. The van der Waals surface area contributed by atoms with Crippen LogP contribution in [0.4, 0.5) is 39.4 Å². The molecule has 3 atom stereocenters. The smallest absolute Gasteiger partial charge is 0.372 e. The maximum absolute atomic E-state index is 13.3. The molecule has 2 aliphatic rings. The van der Waals surface area contributed by atoms with Crippen molar-refractivity contribution >= 4 is 29.1 Å². The first kappa shape index (κ1) is 18.2. The fraction of sp³-hybridized carbons (Fsp3) is 0.533. The highest BCUT2D eigenvalue weighted by molar-refractivity contribution is 6.32. The summed E-state index contributed by atoms with van der Waals surface area (Å²) in [6.07, 6.45) is -1.78. The van der Waals surface area contributed by atoms with E-state index in [1.165, 1.54) is 17.9 Å². The van der Waals surface area contributed by atoms with Gasteiger partial charge in [0, 0.05) is 25.1 Å². The second-order valence-corrected chi connectivity index (χ2v) is 7.01. The second kappa shape index (κ2) is 5.91. The third-order valence-corrected chi connectivity index (χ3v) is 5.33. The number of hydrogen-bond acceptors (Lipinski definition) is 5. The molecule has 6 nitrogen and oxygen atoms in total. The first-order valence-corrected chi connectivity index (χ1v) is 8.50. The third kappa shape index (κ3) is 3.07. The van der Waals surface area contributed by atoms with Crippen molar-refractivity contribution in [3.8, 4) is 0 Å². The van der Waals surface area contributed by atoms with Crippen LogP contribution in [-0.2, 0) is 6.18 Å². The molecule has 0 saturated heterocycles. The number of alkyl halides is 5. The molecular formula is C15H14ClF5N6. The highest BCUT2D eigenvalue weighted by Gasteiger charge is 2.71. The van der Waals surface area contributed by atoms with Crippen LogP contribution in [0.1, 0.15) is 24.4 Å². The average molecular weight is 409 g/mol. The Balaban J connectivity index is 1.52. The fourth-order valence-corrected chi connectivity index (χ4v) is 3.79. The summed E-state index contributed by atoms with van der Waals surface area (Å²) >= 11 is 6.06. The second-order valence-electron chi connectivity index (χ2n) is 6.65. The normalized spacial score (nSPS) is 26.0. The van der Waals surface area contributed by atoms with Crippen molar-refractivity contribution in [2.24, 2.45) is 11.8 Å². The molecule has 146 valence electrons. The minimum atomic E-state index is -4.59. The fourth-order valence-electron chi connectivity index (χ4n) is 3.60. The molecule has 2 aromatic heterocycles. The monoisotopic (exact) mass is 408 g/mol. The van der Waals surface area contributed by atoms with E-state index >= 15 is 0 Å². The van der Waals surface area contributed by atoms with Crippen molar-refractivity contribution in [3.05, 3.63) is 23.1 Å². The summed E-state index contributed by atoms with van der Waals surface area (Å²) in [5, 5.41) is 9.26. The van der Waals surface area contributed by atoms with Gasteiger partial charge >= 0.3 is 6.18 Å². The number of aromatic nitrogens is 4. The molecule has 27 heavy (non-hydrogen) atoms. The number of fused-ring (bicyclic) bond motifs is 1. The van der Waals surface area contributed by atoms with Gasteiger partial charge in [-0.2, -0.15) is 23.3 Å². The molecule has 0 bridgehead atoms. The number of halogens is 6. The lowest BCUT2D eigenvalue weighted by molar-refractivity contribution is -0.137. The number of anilines is 3. The summed E-state index contributed by atoms with van der Waals surface area (Å²) in [6.45, 7) is 0. The van der Waals surface area contributed by atoms with Crippen LogP contribution in [0.3, 0.4) is 0 Å². The molecule has 0 radical (unpaired) electrons. The molecule has 1 unspecified atom stereocenters. The Labute approximate surface area is 155 Å². The average Bonchev–Trinajstić information content (AvgIpc) is 2.99. The lowest BCUT2D eigenvalue weighted by atomic mass is 10.1. The number of rotatable bonds is 4. The first-order valence-electron chi connectivity index (χ1n) is 8.12. The summed E-state index contributed by atoms with van der Waals surface area (Å²) in [4.78, 5) is 7.45. The van der Waals surface area contributed by atoms with Gasteiger partial charge in [0.1, 0.15) is 11.4 Å². The van der Waals surface area contributed by atoms with Crippen molar-refractivity contribution in [1.82, 2.24) is 19.7 Å². The van der Waals surface area contributed by atoms with E-state index in [1.807, 2.05) is 0 Å². The van der Waals surface area contributed by atoms with Gasteiger partial charge in [0.15, 0.2) is 5.15 Å². The van der Waals surface area contributed by atoms with E-state index in [4.69, 9.17) is 11.6 Å². The molecule has 2 aromatic rings. The van der Waals surface area contributed by atoms with Gasteiger partial charge in [-0.15, -0.1) is 0 Å². The van der Waals surface area contributed by atoms with Gasteiger partial charge in [0.2, 0.25) is 5.95 Å². The SMILES string of the molecule is CNc1nc(Nc2cn(C3C[C@@H]4[C@H](C3)C4(F)F)nc2Cl)ncc1C(F)(F)F. The van der Waals surface area contributed by atoms with E-state index in [0.717, 1.165) is 0 Å². The summed E-state index contributed by atoms with van der Waals surface area (Å²) in [5.41, 5.74) is -0.714. The molecule has 12 heteroatoms. The molecule has 2 N–H and O–H groups in total. The topological polar surface area (TPSA) is 67.7 Å². The number of hydrogen-bond donors (Lipinski definition) is 2. The molecule has 4 rings (SSSR count). The zero-order valence-electron chi connectivity index (χ0n) is 13.9. The lowest BCUT2D eigenvalue weighted by Gasteiger charge is -2.14. The molecule has 0 aliphatic heterocycles. The quantitative estimate of drug-likeness (QED) is 0.736. The van der Waals surface area contributed by atoms with E-state index in [9.17, 15) is 22.0 Å². The van der Waals surface area contributed by atoms with E-state index in [1.54, 1.807) is 0 Å². The van der Waals surface area contributed by atoms with E-state index < -0.39 is 29.5 Å². The summed E-state index contributed by atoms with van der Waals surface area (Å²) in [7, 11) is 1.31. The van der Waals surface area contributed by atoms with E-state index in [2.05, 4.69) is 25.7 Å². The van der Waals surface area contributed by atoms with Crippen LogP contribution in [-0.4, -0.2) is 32.7 Å². The van der Waals surface area contributed by atoms with Gasteiger partial charge in [-0.05, 0) is 12.8 Å². The van der Waals surface area contributed by atoms with Gasteiger partial charge in [0.05, 0.1) is 17.9 Å². The Kier molecular flexibility index (Phi) is 3.99. The summed E-state index contributed by atoms with van der Waals surface area (Å²) < 4.78 is 66.8. The maximum atomic E-state index is 13.3. The predicted molar refractivity (Wildman–Crippen MR) is 87.3 cm³/mol. The van der Waals surface area contributed by atoms with Crippen LogP contribution in [0.2, 0.25) is 5.15 Å². The van der Waals surface area contributed by atoms with Crippen LogP contribution in [0.15, 0.2) is 12.4 Å². The van der Waals surface area contributed by atoms with Crippen molar-refractivity contribution < 1.29 is 22.0 Å². The minimum Gasteiger partial charge on any atom is -0.372 e. The lowest BCUT2D eigenvalue weighted by Crippen LogP contribution is -2.13. The highest BCUT2D eigenvalue weighted by atomic mass is 35.5. The summed E-state index contributed by atoms with van der Waals surface area (Å²) in [6, 6.07) is -0.186. The zero-order valence-corrected chi connectivity index (χ0v) is 14.6. The van der Waals surface area contributed by atoms with Gasteiger partial charge in [-0.3, -0.25) is 4.68 Å². The summed E-state index contributed by atoms with van der Waals surface area (Å²) in [5.74, 6) is -4.29. The Hall–Kier alpha value is -2.17. The zero-order chi connectivity index (χ0) is 19.6. The van der Waals surface area contributed by atoms with Crippen LogP contribution in [0.25, 0.3) is 0 Å². The molecule has 0 spiro atoms. The number of nitrogens with zero attached hydrogens (tertiary/aromatic N) is 4. The minimum absolute atomic E-state index is 0.0526. The maximum Gasteiger partial charge on any atom is 0.421 e. The highest BCUT2D eigenvalue weighted by Crippen LogP contribution is 2.66. The van der Waals surface area contributed by atoms with Crippen molar-refractivity contribution in [3.63, 3.8) is 0 Å². The molecule has 0 amide bonds. The van der Waals surface area contributed by atoms with Gasteiger partial charge < -0.3 is 10.6 Å². The Morgan fingerprint density at radius 1 is 1.26 bits per heavy atom. The Morgan fingerprint density at radius 3 is 2.52 bits per heavy atom. The molecule has 2 aliphatic carbocycles. The molecular weight excluding hydrogens is 395 g/mol. The van der Waals surface area contributed by atoms with Gasteiger partial charge in [-0.1, -0.05) is 11.6 Å². The van der Waals surface area contributed by atoms with E-state index in [0.29, 0.717) is 19.0 Å². The van der Waals surface area contributed by atoms with E-state index in [-0.39, 0.29) is 28.6 Å². The van der Waals surface area contributed by atoms with Crippen LogP contribution >= 0.6 is 11.6 Å². The van der Waals surface area contributed by atoms with Crippen molar-refractivity contribution in [1.29, 1.82) is 0 Å². The standard InChI is InChI=1S/C15H14ClF5N6/c1-22-12-9(15(19,20)21)4-23-13(25-12)24-10-5-27(26-11(10)16)6-2-7-8(3-6)14(7,17)18/h4-8H,2-3H2,1H3,(H2,22,23,24,25)/t6?,7-,8+. The van der Waals surface area contributed by atoms with Crippen molar-refractivity contribution in [2.45, 2.75) is 31.0 Å². The molecule has 2 fully saturated rings. The third-order valence-electron chi connectivity index (χ3n) is 5.06. The molecule has 2 saturated carbocycles. The van der Waals surface area contributed by atoms with Crippen LogP contribution in [0.5, 0.6) is 0 Å². The molecule has 0 aromatic carbocycles. The van der Waals surface area contributed by atoms with Gasteiger partial charge in [0.25, 0.3) is 5.92 Å². The Bertz CT molecular complexity index is 868. The molecule has 2 heterocycles. The Morgan fingerprint density at radius 2 is 1.93 bits per heavy atom.